The molecule has 1 heterocycles. The number of benzene rings is 2. The van der Waals surface area contributed by atoms with Crippen LogP contribution in [0.1, 0.15) is 12.5 Å². The molecule has 6 heteroatoms. The third-order valence-electron chi connectivity index (χ3n) is 3.17. The maximum atomic E-state index is 11.0. The van der Waals surface area contributed by atoms with Crippen molar-refractivity contribution >= 4 is 40.1 Å². The molecule has 2 aromatic carbocycles. The van der Waals surface area contributed by atoms with E-state index in [1.165, 1.54) is 13.2 Å². The molecule has 0 radical (unpaired) electrons. The summed E-state index contributed by atoms with van der Waals surface area (Å²) in [4.78, 5) is 11.0. The zero-order chi connectivity index (χ0) is 16.4. The lowest BCUT2D eigenvalue weighted by molar-refractivity contribution is -0.131. The van der Waals surface area contributed by atoms with Crippen molar-refractivity contribution in [2.24, 2.45) is 0 Å². The quantitative estimate of drug-likeness (QED) is 0.603. The molecular weight excluding hydrogens is 339 g/mol. The van der Waals surface area contributed by atoms with E-state index in [1.807, 2.05) is 6.07 Å². The van der Waals surface area contributed by atoms with Crippen molar-refractivity contribution in [1.29, 1.82) is 0 Å². The van der Waals surface area contributed by atoms with Crippen LogP contribution in [-0.4, -0.2) is 5.97 Å². The molecule has 0 aliphatic heterocycles. The van der Waals surface area contributed by atoms with Gasteiger partial charge < -0.3 is 13.9 Å². The smallest absolute Gasteiger partial charge is 0.308 e. The zero-order valence-electron chi connectivity index (χ0n) is 12.1. The van der Waals surface area contributed by atoms with Crippen LogP contribution in [0.25, 0.3) is 11.0 Å². The number of rotatable bonds is 4. The van der Waals surface area contributed by atoms with E-state index in [0.717, 1.165) is 5.56 Å². The zero-order valence-corrected chi connectivity index (χ0v) is 13.6. The van der Waals surface area contributed by atoms with Crippen molar-refractivity contribution in [2.45, 2.75) is 13.5 Å². The van der Waals surface area contributed by atoms with Gasteiger partial charge >= 0.3 is 5.97 Å². The Morgan fingerprint density at radius 1 is 1.17 bits per heavy atom. The second kappa shape index (κ2) is 6.52. The Morgan fingerprint density at radius 3 is 2.74 bits per heavy atom. The number of esters is 1. The van der Waals surface area contributed by atoms with Crippen LogP contribution in [0.3, 0.4) is 0 Å². The minimum absolute atomic E-state index is 0.305. The largest absolute Gasteiger partial charge is 0.489 e. The van der Waals surface area contributed by atoms with Gasteiger partial charge in [0.25, 0.3) is 0 Å². The Balaban J connectivity index is 1.77. The lowest BCUT2D eigenvalue weighted by atomic mass is 10.2. The van der Waals surface area contributed by atoms with Crippen LogP contribution in [0.2, 0.25) is 10.0 Å². The average Bonchev–Trinajstić information content (AvgIpc) is 2.88. The molecule has 0 N–H and O–H groups in total. The molecule has 0 aliphatic rings. The van der Waals surface area contributed by atoms with E-state index in [4.69, 9.17) is 37.1 Å². The number of carbonyl (C=O) groups excluding carboxylic acids is 1. The average molecular weight is 351 g/mol. The van der Waals surface area contributed by atoms with Crippen molar-refractivity contribution in [3.05, 3.63) is 58.3 Å². The summed E-state index contributed by atoms with van der Waals surface area (Å²) in [7, 11) is 0. The molecule has 0 saturated heterocycles. The lowest BCUT2D eigenvalue weighted by Gasteiger charge is -2.08. The molecule has 3 rings (SSSR count). The van der Waals surface area contributed by atoms with E-state index in [2.05, 4.69) is 0 Å². The molecule has 4 nitrogen and oxygen atoms in total. The first-order valence-corrected chi connectivity index (χ1v) is 7.55. The van der Waals surface area contributed by atoms with Crippen LogP contribution in [0.15, 0.2) is 47.1 Å². The van der Waals surface area contributed by atoms with E-state index < -0.39 is 5.97 Å². The number of furan rings is 1. The predicted octanol–water partition coefficient (Wildman–Crippen LogP) is 5.24. The maximum Gasteiger partial charge on any atom is 0.308 e. The predicted molar refractivity (Wildman–Crippen MR) is 88.3 cm³/mol. The lowest BCUT2D eigenvalue weighted by Crippen LogP contribution is -2.00. The van der Waals surface area contributed by atoms with Gasteiger partial charge in [-0.25, -0.2) is 0 Å². The van der Waals surface area contributed by atoms with Gasteiger partial charge in [-0.15, -0.1) is 0 Å². The summed E-state index contributed by atoms with van der Waals surface area (Å²) in [6, 6.07) is 10.5. The number of hydrogen-bond donors (Lipinski definition) is 0. The minimum Gasteiger partial charge on any atom is -0.489 e. The summed E-state index contributed by atoms with van der Waals surface area (Å²) >= 11 is 12.0. The van der Waals surface area contributed by atoms with E-state index in [-0.39, 0.29) is 0 Å². The standard InChI is InChI=1S/C17H12Cl2O4/c1-10(20)23-17-9-22-16-7-13(4-5-14(16)17)21-8-11-2-3-12(18)6-15(11)19/h2-7,9H,8H2,1H3. The first kappa shape index (κ1) is 15.7. The molecular formula is C17H12Cl2O4. The van der Waals surface area contributed by atoms with Crippen LogP contribution in [0.4, 0.5) is 0 Å². The first-order chi connectivity index (χ1) is 11.0. The molecule has 0 fully saturated rings. The molecule has 1 aromatic heterocycles. The third kappa shape index (κ3) is 3.60. The van der Waals surface area contributed by atoms with Crippen LogP contribution >= 0.6 is 23.2 Å². The highest BCUT2D eigenvalue weighted by atomic mass is 35.5. The molecule has 0 aliphatic carbocycles. The Hall–Kier alpha value is -2.17. The Kier molecular flexibility index (Phi) is 4.46. The highest BCUT2D eigenvalue weighted by molar-refractivity contribution is 6.35. The van der Waals surface area contributed by atoms with Gasteiger partial charge in [0.1, 0.15) is 24.2 Å². The Labute approximate surface area is 142 Å². The first-order valence-electron chi connectivity index (χ1n) is 6.79. The highest BCUT2D eigenvalue weighted by Gasteiger charge is 2.10. The maximum absolute atomic E-state index is 11.0. The molecule has 23 heavy (non-hydrogen) atoms. The van der Waals surface area contributed by atoms with E-state index in [0.29, 0.717) is 39.1 Å². The molecule has 3 aromatic rings. The fourth-order valence-corrected chi connectivity index (χ4v) is 2.57. The second-order valence-corrected chi connectivity index (χ2v) is 5.72. The SMILES string of the molecule is CC(=O)Oc1coc2cc(OCc3ccc(Cl)cc3Cl)ccc12. The Morgan fingerprint density at radius 2 is 2.00 bits per heavy atom. The minimum atomic E-state index is -0.398. The summed E-state index contributed by atoms with van der Waals surface area (Å²) in [5.74, 6) is 0.609. The van der Waals surface area contributed by atoms with Crippen molar-refractivity contribution in [2.75, 3.05) is 0 Å². The molecule has 0 saturated carbocycles. The fraction of sp³-hybridized carbons (Fsp3) is 0.118. The van der Waals surface area contributed by atoms with Crippen molar-refractivity contribution in [3.8, 4) is 11.5 Å². The monoisotopic (exact) mass is 350 g/mol. The van der Waals surface area contributed by atoms with Gasteiger partial charge in [0, 0.05) is 28.6 Å². The van der Waals surface area contributed by atoms with Crippen LogP contribution in [-0.2, 0) is 11.4 Å². The normalized spacial score (nSPS) is 10.7. The molecule has 0 spiro atoms. The highest BCUT2D eigenvalue weighted by Crippen LogP contribution is 2.31. The second-order valence-electron chi connectivity index (χ2n) is 4.88. The van der Waals surface area contributed by atoms with Crippen LogP contribution in [0.5, 0.6) is 11.5 Å². The number of hydrogen-bond acceptors (Lipinski definition) is 4. The van der Waals surface area contributed by atoms with E-state index in [1.54, 1.807) is 30.3 Å². The topological polar surface area (TPSA) is 48.7 Å². The van der Waals surface area contributed by atoms with Gasteiger partial charge in [-0.05, 0) is 24.3 Å². The summed E-state index contributed by atoms with van der Waals surface area (Å²) in [6.07, 6.45) is 1.39. The molecule has 0 amide bonds. The van der Waals surface area contributed by atoms with Gasteiger partial charge in [-0.3, -0.25) is 4.79 Å². The van der Waals surface area contributed by atoms with E-state index in [9.17, 15) is 4.79 Å². The van der Waals surface area contributed by atoms with Gasteiger partial charge in [-0.1, -0.05) is 29.3 Å². The number of fused-ring (bicyclic) bond motifs is 1. The molecule has 0 bridgehead atoms. The van der Waals surface area contributed by atoms with Crippen LogP contribution in [0, 0.1) is 0 Å². The van der Waals surface area contributed by atoms with Crippen LogP contribution < -0.4 is 9.47 Å². The molecule has 0 atom stereocenters. The molecule has 0 unspecified atom stereocenters. The van der Waals surface area contributed by atoms with Crippen molar-refractivity contribution < 1.29 is 18.7 Å². The number of halogens is 2. The van der Waals surface area contributed by atoms with E-state index >= 15 is 0 Å². The van der Waals surface area contributed by atoms with Gasteiger partial charge in [0.05, 0.1) is 5.39 Å². The van der Waals surface area contributed by atoms with Crippen molar-refractivity contribution in [3.63, 3.8) is 0 Å². The fourth-order valence-electron chi connectivity index (χ4n) is 2.11. The summed E-state index contributed by atoms with van der Waals surface area (Å²) in [5.41, 5.74) is 1.40. The number of ether oxygens (including phenoxy) is 2. The third-order valence-corrected chi connectivity index (χ3v) is 3.76. The Bertz CT molecular complexity index is 870. The summed E-state index contributed by atoms with van der Waals surface area (Å²) in [5, 5.41) is 1.83. The molecule has 118 valence electrons. The van der Waals surface area contributed by atoms with Gasteiger partial charge in [0.2, 0.25) is 0 Å². The van der Waals surface area contributed by atoms with Crippen molar-refractivity contribution in [1.82, 2.24) is 0 Å². The summed E-state index contributed by atoms with van der Waals surface area (Å²) in [6.45, 7) is 1.64. The number of carbonyl (C=O) groups is 1. The summed E-state index contributed by atoms with van der Waals surface area (Å²) < 4.78 is 16.2. The van der Waals surface area contributed by atoms with Gasteiger partial charge in [0.15, 0.2) is 5.75 Å². The van der Waals surface area contributed by atoms with Gasteiger partial charge in [-0.2, -0.15) is 0 Å².